The highest BCUT2D eigenvalue weighted by molar-refractivity contribution is 5.77. The number of phenolic OH excluding ortho intramolecular Hbond substituents is 1. The average Bonchev–Trinajstić information content (AvgIpc) is 2.90. The summed E-state index contributed by atoms with van der Waals surface area (Å²) < 4.78 is 0. The van der Waals surface area contributed by atoms with E-state index in [0.29, 0.717) is 12.8 Å². The number of nitrogens with one attached hydrogen (secondary N) is 1. The average molecular weight is 281 g/mol. The molecule has 0 heterocycles. The maximum atomic E-state index is 12.1. The van der Waals surface area contributed by atoms with Crippen LogP contribution in [0.15, 0.2) is 48.5 Å². The van der Waals surface area contributed by atoms with Gasteiger partial charge < -0.3 is 10.4 Å². The van der Waals surface area contributed by atoms with Gasteiger partial charge in [-0.3, -0.25) is 4.79 Å². The van der Waals surface area contributed by atoms with Gasteiger partial charge in [0, 0.05) is 6.42 Å². The van der Waals surface area contributed by atoms with Crippen molar-refractivity contribution in [2.24, 2.45) is 0 Å². The van der Waals surface area contributed by atoms with Gasteiger partial charge in [-0.05, 0) is 42.0 Å². The number of phenols is 1. The monoisotopic (exact) mass is 281 g/mol. The van der Waals surface area contributed by atoms with Crippen molar-refractivity contribution in [2.75, 3.05) is 0 Å². The van der Waals surface area contributed by atoms with E-state index in [-0.39, 0.29) is 17.7 Å². The van der Waals surface area contributed by atoms with Crippen LogP contribution in [0.3, 0.4) is 0 Å². The number of aryl methyl sites for hydroxylation is 2. The molecule has 0 fully saturated rings. The minimum absolute atomic E-state index is 0.0416. The van der Waals surface area contributed by atoms with Crippen molar-refractivity contribution in [3.63, 3.8) is 0 Å². The third kappa shape index (κ3) is 3.07. The van der Waals surface area contributed by atoms with Gasteiger partial charge in [0.15, 0.2) is 0 Å². The van der Waals surface area contributed by atoms with Gasteiger partial charge in [-0.15, -0.1) is 0 Å². The molecule has 1 aliphatic carbocycles. The lowest BCUT2D eigenvalue weighted by molar-refractivity contribution is -0.121. The molecule has 2 aromatic rings. The van der Waals surface area contributed by atoms with E-state index in [1.807, 2.05) is 24.3 Å². The van der Waals surface area contributed by atoms with Gasteiger partial charge in [0.25, 0.3) is 0 Å². The summed E-state index contributed by atoms with van der Waals surface area (Å²) in [6, 6.07) is 15.6. The number of amides is 1. The molecule has 0 aromatic heterocycles. The third-order valence-electron chi connectivity index (χ3n) is 4.08. The van der Waals surface area contributed by atoms with Gasteiger partial charge in [-0.2, -0.15) is 0 Å². The summed E-state index contributed by atoms with van der Waals surface area (Å²) in [4.78, 5) is 12.1. The van der Waals surface area contributed by atoms with Gasteiger partial charge >= 0.3 is 0 Å². The first-order valence-electron chi connectivity index (χ1n) is 7.38. The summed E-state index contributed by atoms with van der Waals surface area (Å²) in [5.74, 6) is 0.302. The van der Waals surface area contributed by atoms with Crippen molar-refractivity contribution in [1.29, 1.82) is 0 Å². The van der Waals surface area contributed by atoms with Crippen molar-refractivity contribution in [2.45, 2.75) is 31.7 Å². The van der Waals surface area contributed by atoms with E-state index < -0.39 is 0 Å². The quantitative estimate of drug-likeness (QED) is 0.904. The molecule has 0 aliphatic heterocycles. The fourth-order valence-corrected chi connectivity index (χ4v) is 2.94. The normalized spacial score (nSPS) is 16.5. The molecule has 1 unspecified atom stereocenters. The van der Waals surface area contributed by atoms with Gasteiger partial charge in [0.1, 0.15) is 5.75 Å². The number of hydrogen-bond acceptors (Lipinski definition) is 2. The number of carbonyl (C=O) groups excluding carboxylic acids is 1. The largest absolute Gasteiger partial charge is 0.508 e. The molecule has 1 atom stereocenters. The highest BCUT2D eigenvalue weighted by atomic mass is 16.3. The summed E-state index contributed by atoms with van der Waals surface area (Å²) >= 11 is 0. The number of rotatable bonds is 4. The van der Waals surface area contributed by atoms with Crippen LogP contribution >= 0.6 is 0 Å². The molecule has 0 radical (unpaired) electrons. The predicted octanol–water partition coefficient (Wildman–Crippen LogP) is 3.13. The summed E-state index contributed by atoms with van der Waals surface area (Å²) in [6.07, 6.45) is 2.96. The van der Waals surface area contributed by atoms with Gasteiger partial charge in [0.05, 0.1) is 6.04 Å². The van der Waals surface area contributed by atoms with Crippen molar-refractivity contribution in [3.8, 4) is 5.75 Å². The van der Waals surface area contributed by atoms with Crippen LogP contribution in [0, 0.1) is 0 Å². The Morgan fingerprint density at radius 3 is 2.76 bits per heavy atom. The molecule has 108 valence electrons. The zero-order valence-corrected chi connectivity index (χ0v) is 11.9. The minimum atomic E-state index is 0.0416. The van der Waals surface area contributed by atoms with Crippen LogP contribution in [0.25, 0.3) is 0 Å². The van der Waals surface area contributed by atoms with E-state index in [0.717, 1.165) is 18.4 Å². The van der Waals surface area contributed by atoms with E-state index in [1.54, 1.807) is 12.1 Å². The number of aromatic hydroxyl groups is 1. The summed E-state index contributed by atoms with van der Waals surface area (Å²) in [5, 5.41) is 12.8. The van der Waals surface area contributed by atoms with Crippen molar-refractivity contribution >= 4 is 5.91 Å². The van der Waals surface area contributed by atoms with Crippen LogP contribution < -0.4 is 5.32 Å². The highest BCUT2D eigenvalue weighted by Crippen LogP contribution is 2.30. The number of carbonyl (C=O) groups is 1. The van der Waals surface area contributed by atoms with Crippen LogP contribution in [0.2, 0.25) is 0 Å². The SMILES string of the molecule is O=C(CCc1ccccc1O)NC1CCc2ccccc21. The fraction of sp³-hybridized carbons (Fsp3) is 0.278. The van der Waals surface area contributed by atoms with E-state index in [9.17, 15) is 9.90 Å². The predicted molar refractivity (Wildman–Crippen MR) is 82.1 cm³/mol. The Bertz CT molecular complexity index is 651. The van der Waals surface area contributed by atoms with Crippen LogP contribution in [0.1, 0.15) is 35.6 Å². The molecule has 2 N–H and O–H groups in total. The smallest absolute Gasteiger partial charge is 0.220 e. The fourth-order valence-electron chi connectivity index (χ4n) is 2.94. The van der Waals surface area contributed by atoms with E-state index >= 15 is 0 Å². The van der Waals surface area contributed by atoms with Gasteiger partial charge in [-0.25, -0.2) is 0 Å². The van der Waals surface area contributed by atoms with Crippen LogP contribution in [-0.4, -0.2) is 11.0 Å². The number of fused-ring (bicyclic) bond motifs is 1. The molecule has 1 amide bonds. The molecule has 1 aliphatic rings. The standard InChI is InChI=1S/C18H19NO2/c20-17-8-4-2-6-14(17)10-12-18(21)19-16-11-9-13-5-1-3-7-15(13)16/h1-8,16,20H,9-12H2,(H,19,21). The Kier molecular flexibility index (Phi) is 3.91. The lowest BCUT2D eigenvalue weighted by atomic mass is 10.1. The van der Waals surface area contributed by atoms with Crippen molar-refractivity contribution in [1.82, 2.24) is 5.32 Å². The topological polar surface area (TPSA) is 49.3 Å². The molecule has 2 aromatic carbocycles. The first kappa shape index (κ1) is 13.7. The molecule has 21 heavy (non-hydrogen) atoms. The molecular formula is C18H19NO2. The Morgan fingerprint density at radius 1 is 1.14 bits per heavy atom. The lowest BCUT2D eigenvalue weighted by Crippen LogP contribution is -2.27. The molecule has 0 bridgehead atoms. The van der Waals surface area contributed by atoms with Crippen LogP contribution in [-0.2, 0) is 17.6 Å². The molecule has 3 nitrogen and oxygen atoms in total. The first-order chi connectivity index (χ1) is 10.2. The Hall–Kier alpha value is -2.29. The summed E-state index contributed by atoms with van der Waals surface area (Å²) in [7, 11) is 0. The number of hydrogen-bond donors (Lipinski definition) is 2. The third-order valence-corrected chi connectivity index (χ3v) is 4.08. The number of para-hydroxylation sites is 1. The Morgan fingerprint density at radius 2 is 1.90 bits per heavy atom. The molecule has 0 saturated carbocycles. The second kappa shape index (κ2) is 6.00. The molecule has 0 spiro atoms. The second-order valence-corrected chi connectivity index (χ2v) is 5.49. The molecule has 3 heteroatoms. The maximum Gasteiger partial charge on any atom is 0.220 e. The van der Waals surface area contributed by atoms with E-state index in [4.69, 9.17) is 0 Å². The highest BCUT2D eigenvalue weighted by Gasteiger charge is 2.23. The first-order valence-corrected chi connectivity index (χ1v) is 7.38. The van der Waals surface area contributed by atoms with Gasteiger partial charge in [0.2, 0.25) is 5.91 Å². The second-order valence-electron chi connectivity index (χ2n) is 5.49. The van der Waals surface area contributed by atoms with Crippen LogP contribution in [0.4, 0.5) is 0 Å². The molecule has 0 saturated heterocycles. The summed E-state index contributed by atoms with van der Waals surface area (Å²) in [6.45, 7) is 0. The van der Waals surface area contributed by atoms with Crippen molar-refractivity contribution < 1.29 is 9.90 Å². The van der Waals surface area contributed by atoms with E-state index in [1.165, 1.54) is 11.1 Å². The molecule has 3 rings (SSSR count). The minimum Gasteiger partial charge on any atom is -0.508 e. The Labute approximate surface area is 124 Å². The zero-order valence-electron chi connectivity index (χ0n) is 11.9. The van der Waals surface area contributed by atoms with Crippen molar-refractivity contribution in [3.05, 3.63) is 65.2 Å². The van der Waals surface area contributed by atoms with Crippen LogP contribution in [0.5, 0.6) is 5.75 Å². The summed E-state index contributed by atoms with van der Waals surface area (Å²) in [5.41, 5.74) is 3.40. The zero-order chi connectivity index (χ0) is 14.7. The lowest BCUT2D eigenvalue weighted by Gasteiger charge is -2.14. The Balaban J connectivity index is 1.57. The van der Waals surface area contributed by atoms with Gasteiger partial charge in [-0.1, -0.05) is 42.5 Å². The maximum absolute atomic E-state index is 12.1. The number of benzene rings is 2. The van der Waals surface area contributed by atoms with E-state index in [2.05, 4.69) is 17.4 Å². The molecular weight excluding hydrogens is 262 g/mol.